The lowest BCUT2D eigenvalue weighted by Gasteiger charge is -2.19. The van der Waals surface area contributed by atoms with E-state index >= 15 is 0 Å². The Kier molecular flexibility index (Phi) is 4.99. The number of hydrogen-bond acceptors (Lipinski definition) is 6. The van der Waals surface area contributed by atoms with Crippen molar-refractivity contribution in [2.75, 3.05) is 12.8 Å². The third-order valence-corrected chi connectivity index (χ3v) is 3.58. The van der Waals surface area contributed by atoms with Gasteiger partial charge in [0.1, 0.15) is 10.6 Å². The summed E-state index contributed by atoms with van der Waals surface area (Å²) in [7, 11) is 1.30. The van der Waals surface area contributed by atoms with Gasteiger partial charge in [0, 0.05) is 4.88 Å². The van der Waals surface area contributed by atoms with E-state index in [-0.39, 0.29) is 6.54 Å². The maximum absolute atomic E-state index is 11.6. The quantitative estimate of drug-likeness (QED) is 0.837. The molecule has 0 aliphatic heterocycles. The van der Waals surface area contributed by atoms with Crippen LogP contribution in [0.25, 0.3) is 0 Å². The molecular weight excluding hydrogens is 280 g/mol. The maximum Gasteiger partial charge on any atom is 0.407 e. The van der Waals surface area contributed by atoms with Crippen LogP contribution in [0.2, 0.25) is 0 Å². The molecule has 1 aromatic heterocycles. The highest BCUT2D eigenvalue weighted by molar-refractivity contribution is 7.16. The van der Waals surface area contributed by atoms with Crippen molar-refractivity contribution in [1.29, 1.82) is 0 Å². The molecule has 0 saturated carbocycles. The minimum Gasteiger partial charge on any atom is -0.465 e. The van der Waals surface area contributed by atoms with Gasteiger partial charge >= 0.3 is 12.1 Å². The Hall–Kier alpha value is -1.76. The fourth-order valence-electron chi connectivity index (χ4n) is 1.58. The summed E-state index contributed by atoms with van der Waals surface area (Å²) < 4.78 is 9.82. The SMILES string of the molecule is COC(=O)c1c(N)sc(CNC(=O)OC(C)(C)C)c1C. The Balaban J connectivity index is 2.75. The molecule has 0 bridgehead atoms. The van der Waals surface area contributed by atoms with Crippen molar-refractivity contribution in [2.24, 2.45) is 0 Å². The number of thiophene rings is 1. The van der Waals surface area contributed by atoms with Gasteiger partial charge in [0.15, 0.2) is 0 Å². The number of nitrogens with two attached hydrogens (primary N) is 1. The topological polar surface area (TPSA) is 90.6 Å². The van der Waals surface area contributed by atoms with Crippen LogP contribution in [0.15, 0.2) is 0 Å². The average Bonchev–Trinajstić information content (AvgIpc) is 2.59. The summed E-state index contributed by atoms with van der Waals surface area (Å²) in [6.45, 7) is 7.39. The Labute approximate surface area is 122 Å². The van der Waals surface area contributed by atoms with Crippen molar-refractivity contribution >= 4 is 28.4 Å². The monoisotopic (exact) mass is 300 g/mol. The highest BCUT2D eigenvalue weighted by Crippen LogP contribution is 2.30. The van der Waals surface area contributed by atoms with E-state index in [1.807, 2.05) is 0 Å². The van der Waals surface area contributed by atoms with Crippen LogP contribution in [0, 0.1) is 6.92 Å². The third-order valence-electron chi connectivity index (χ3n) is 2.45. The predicted molar refractivity (Wildman–Crippen MR) is 77.9 cm³/mol. The van der Waals surface area contributed by atoms with E-state index in [0.717, 1.165) is 10.4 Å². The zero-order chi connectivity index (χ0) is 15.5. The zero-order valence-corrected chi connectivity index (χ0v) is 13.1. The molecule has 1 heterocycles. The summed E-state index contributed by atoms with van der Waals surface area (Å²) in [5.41, 5.74) is 6.33. The first kappa shape index (κ1) is 16.3. The first-order valence-corrected chi connectivity index (χ1v) is 6.90. The molecule has 0 fully saturated rings. The number of rotatable bonds is 3. The minimum absolute atomic E-state index is 0.257. The summed E-state index contributed by atoms with van der Waals surface area (Å²) in [5.74, 6) is -0.472. The van der Waals surface area contributed by atoms with Crippen LogP contribution in [-0.2, 0) is 16.0 Å². The number of hydrogen-bond donors (Lipinski definition) is 2. The summed E-state index contributed by atoms with van der Waals surface area (Å²) in [5, 5.41) is 3.02. The second-order valence-electron chi connectivity index (χ2n) is 5.24. The van der Waals surface area contributed by atoms with Crippen molar-refractivity contribution in [2.45, 2.75) is 39.8 Å². The molecule has 0 aliphatic rings. The normalized spacial score (nSPS) is 11.1. The number of nitrogens with one attached hydrogen (secondary N) is 1. The van der Waals surface area contributed by atoms with Gasteiger partial charge in [-0.3, -0.25) is 0 Å². The number of amides is 1. The molecule has 112 valence electrons. The Bertz CT molecular complexity index is 517. The van der Waals surface area contributed by atoms with Gasteiger partial charge in [0.25, 0.3) is 0 Å². The molecule has 1 aromatic rings. The first-order chi connectivity index (χ1) is 9.15. The van der Waals surface area contributed by atoms with E-state index in [4.69, 9.17) is 10.5 Å². The highest BCUT2D eigenvalue weighted by atomic mass is 32.1. The second-order valence-corrected chi connectivity index (χ2v) is 6.37. The van der Waals surface area contributed by atoms with Gasteiger partial charge in [0.2, 0.25) is 0 Å². The van der Waals surface area contributed by atoms with E-state index in [1.165, 1.54) is 18.4 Å². The summed E-state index contributed by atoms with van der Waals surface area (Å²) in [6.07, 6.45) is -0.511. The minimum atomic E-state index is -0.551. The molecule has 0 aromatic carbocycles. The molecule has 1 amide bonds. The number of anilines is 1. The van der Waals surface area contributed by atoms with Gasteiger partial charge in [-0.1, -0.05) is 0 Å². The Morgan fingerprint density at radius 1 is 1.35 bits per heavy atom. The number of methoxy groups -OCH3 is 1. The van der Waals surface area contributed by atoms with Gasteiger partial charge in [0.05, 0.1) is 19.2 Å². The number of esters is 1. The van der Waals surface area contributed by atoms with Crippen LogP contribution >= 0.6 is 11.3 Å². The van der Waals surface area contributed by atoms with Crippen molar-refractivity contribution < 1.29 is 19.1 Å². The van der Waals surface area contributed by atoms with Crippen molar-refractivity contribution in [1.82, 2.24) is 5.32 Å². The largest absolute Gasteiger partial charge is 0.465 e. The molecule has 6 nitrogen and oxygen atoms in total. The van der Waals surface area contributed by atoms with Gasteiger partial charge < -0.3 is 20.5 Å². The molecule has 20 heavy (non-hydrogen) atoms. The molecule has 0 aliphatic carbocycles. The lowest BCUT2D eigenvalue weighted by molar-refractivity contribution is 0.0523. The summed E-state index contributed by atoms with van der Waals surface area (Å²) >= 11 is 1.25. The zero-order valence-electron chi connectivity index (χ0n) is 12.3. The predicted octanol–water partition coefficient (Wildman–Crippen LogP) is 2.45. The van der Waals surface area contributed by atoms with E-state index in [1.54, 1.807) is 27.7 Å². The van der Waals surface area contributed by atoms with E-state index in [9.17, 15) is 9.59 Å². The highest BCUT2D eigenvalue weighted by Gasteiger charge is 2.21. The third kappa shape index (κ3) is 4.12. The fraction of sp³-hybridized carbons (Fsp3) is 0.538. The van der Waals surface area contributed by atoms with Crippen molar-refractivity contribution in [3.8, 4) is 0 Å². The molecule has 0 saturated heterocycles. The molecule has 1 rings (SSSR count). The van der Waals surface area contributed by atoms with Crippen LogP contribution in [0.4, 0.5) is 9.80 Å². The lowest BCUT2D eigenvalue weighted by Crippen LogP contribution is -2.32. The van der Waals surface area contributed by atoms with Gasteiger partial charge in [-0.2, -0.15) is 0 Å². The second kappa shape index (κ2) is 6.13. The van der Waals surface area contributed by atoms with Gasteiger partial charge in [-0.25, -0.2) is 9.59 Å². The molecule has 0 atom stereocenters. The van der Waals surface area contributed by atoms with Crippen LogP contribution in [0.1, 0.15) is 41.6 Å². The number of nitrogen functional groups attached to an aromatic ring is 1. The number of ether oxygens (including phenoxy) is 2. The molecule has 3 N–H and O–H groups in total. The average molecular weight is 300 g/mol. The number of alkyl carbamates (subject to hydrolysis) is 1. The number of carbonyl (C=O) groups excluding carboxylic acids is 2. The van der Waals surface area contributed by atoms with Crippen LogP contribution in [-0.4, -0.2) is 24.8 Å². The maximum atomic E-state index is 11.6. The summed E-state index contributed by atoms with van der Waals surface area (Å²) in [4.78, 5) is 24.0. The Morgan fingerprint density at radius 3 is 2.45 bits per heavy atom. The fourth-order valence-corrected chi connectivity index (χ4v) is 2.58. The van der Waals surface area contributed by atoms with Crippen molar-refractivity contribution in [3.63, 3.8) is 0 Å². The molecular formula is C13H20N2O4S. The van der Waals surface area contributed by atoms with Crippen LogP contribution in [0.5, 0.6) is 0 Å². The van der Waals surface area contributed by atoms with E-state index in [0.29, 0.717) is 10.6 Å². The summed E-state index contributed by atoms with van der Waals surface area (Å²) in [6, 6.07) is 0. The van der Waals surface area contributed by atoms with Crippen molar-refractivity contribution in [3.05, 3.63) is 16.0 Å². The molecule has 0 unspecified atom stereocenters. The Morgan fingerprint density at radius 2 is 1.95 bits per heavy atom. The van der Waals surface area contributed by atoms with Crippen LogP contribution < -0.4 is 11.1 Å². The molecule has 7 heteroatoms. The van der Waals surface area contributed by atoms with Gasteiger partial charge in [-0.05, 0) is 33.3 Å². The lowest BCUT2D eigenvalue weighted by atomic mass is 10.1. The smallest absolute Gasteiger partial charge is 0.407 e. The molecule has 0 radical (unpaired) electrons. The number of carbonyl (C=O) groups is 2. The molecule has 0 spiro atoms. The van der Waals surface area contributed by atoms with E-state index < -0.39 is 17.7 Å². The van der Waals surface area contributed by atoms with Crippen LogP contribution in [0.3, 0.4) is 0 Å². The van der Waals surface area contributed by atoms with E-state index in [2.05, 4.69) is 10.1 Å². The standard InChI is InChI=1S/C13H20N2O4S/c1-7-8(6-15-12(17)19-13(2,3)4)20-10(14)9(7)11(16)18-5/h6,14H2,1-5H3,(H,15,17). The first-order valence-electron chi connectivity index (χ1n) is 6.08. The van der Waals surface area contributed by atoms with Gasteiger partial charge in [-0.15, -0.1) is 11.3 Å².